The summed E-state index contributed by atoms with van der Waals surface area (Å²) in [5.74, 6) is 4.77. The fourth-order valence-electron chi connectivity index (χ4n) is 1.44. The van der Waals surface area contributed by atoms with Gasteiger partial charge in [0.2, 0.25) is 5.95 Å². The van der Waals surface area contributed by atoms with Crippen molar-refractivity contribution >= 4 is 40.0 Å². The summed E-state index contributed by atoms with van der Waals surface area (Å²) < 4.78 is 39.0. The van der Waals surface area contributed by atoms with Gasteiger partial charge in [0.05, 0.1) is 0 Å². The maximum Gasteiger partial charge on any atom is 0.433 e. The van der Waals surface area contributed by atoms with Crippen LogP contribution in [-0.4, -0.2) is 9.97 Å². The van der Waals surface area contributed by atoms with Crippen LogP contribution in [-0.2, 0) is 6.18 Å². The van der Waals surface area contributed by atoms with Crippen LogP contribution in [0.5, 0.6) is 0 Å². The largest absolute Gasteiger partial charge is 0.433 e. The fraction of sp³-hybridized carbons (Fsp3) is 0.0909. The summed E-state index contributed by atoms with van der Waals surface area (Å²) in [4.78, 5) is 7.10. The van der Waals surface area contributed by atoms with E-state index in [1.807, 2.05) is 11.5 Å². The number of hydrazine groups is 1. The summed E-state index contributed by atoms with van der Waals surface area (Å²) in [6, 6.07) is 7.94. The van der Waals surface area contributed by atoms with Gasteiger partial charge in [-0.05, 0) is 40.8 Å². The number of nitrogens with one attached hydrogen (secondary N) is 2. The van der Waals surface area contributed by atoms with Crippen molar-refractivity contribution < 1.29 is 13.2 Å². The minimum Gasteiger partial charge on any atom is -0.340 e. The van der Waals surface area contributed by atoms with E-state index in [0.717, 1.165) is 9.64 Å². The van der Waals surface area contributed by atoms with Crippen LogP contribution in [0.15, 0.2) is 30.3 Å². The topological polar surface area (TPSA) is 75.9 Å². The highest BCUT2D eigenvalue weighted by Gasteiger charge is 2.33. The van der Waals surface area contributed by atoms with Crippen molar-refractivity contribution in [1.29, 1.82) is 0 Å². The molecule has 0 amide bonds. The normalized spacial score (nSPS) is 11.2. The summed E-state index contributed by atoms with van der Waals surface area (Å²) in [5.41, 5.74) is 1.56. The predicted octanol–water partition coefficient (Wildman–Crippen LogP) is 3.13. The van der Waals surface area contributed by atoms with E-state index in [4.69, 9.17) is 5.84 Å². The molecule has 1 heterocycles. The van der Waals surface area contributed by atoms with Crippen LogP contribution in [0, 0.1) is 3.57 Å². The molecular weight excluding hydrogens is 386 g/mol. The van der Waals surface area contributed by atoms with Gasteiger partial charge in [0.25, 0.3) is 0 Å². The molecule has 9 heteroatoms. The summed E-state index contributed by atoms with van der Waals surface area (Å²) in [6.07, 6.45) is -4.57. The molecule has 0 spiro atoms. The number of rotatable bonds is 3. The molecule has 2 aromatic rings. The van der Waals surface area contributed by atoms with Gasteiger partial charge in [0.1, 0.15) is 5.82 Å². The van der Waals surface area contributed by atoms with Crippen molar-refractivity contribution in [3.8, 4) is 0 Å². The van der Waals surface area contributed by atoms with E-state index in [2.05, 4.69) is 37.9 Å². The third-order valence-corrected chi connectivity index (χ3v) is 2.91. The maximum atomic E-state index is 12.7. The molecule has 0 aliphatic heterocycles. The highest BCUT2D eigenvalue weighted by atomic mass is 127. The molecular formula is C11H9F3IN5. The number of halogens is 4. The van der Waals surface area contributed by atoms with Gasteiger partial charge in [-0.2, -0.15) is 18.2 Å². The van der Waals surface area contributed by atoms with Crippen molar-refractivity contribution in [1.82, 2.24) is 9.97 Å². The Kier molecular flexibility index (Phi) is 4.28. The number of alkyl halides is 3. The Morgan fingerprint density at radius 1 is 1.15 bits per heavy atom. The number of nitrogens with two attached hydrogens (primary N) is 1. The van der Waals surface area contributed by atoms with E-state index >= 15 is 0 Å². The quantitative estimate of drug-likeness (QED) is 0.423. The predicted molar refractivity (Wildman–Crippen MR) is 77.3 cm³/mol. The van der Waals surface area contributed by atoms with Crippen molar-refractivity contribution in [2.45, 2.75) is 6.18 Å². The minimum atomic E-state index is -4.57. The highest BCUT2D eigenvalue weighted by Crippen LogP contribution is 2.30. The number of benzene rings is 1. The first-order valence-corrected chi connectivity index (χ1v) is 6.42. The Morgan fingerprint density at radius 2 is 1.90 bits per heavy atom. The van der Waals surface area contributed by atoms with E-state index in [1.165, 1.54) is 0 Å². The molecule has 0 atom stereocenters. The van der Waals surface area contributed by atoms with Gasteiger partial charge in [-0.1, -0.05) is 6.07 Å². The van der Waals surface area contributed by atoms with E-state index in [-0.39, 0.29) is 11.8 Å². The van der Waals surface area contributed by atoms with Crippen LogP contribution in [0.1, 0.15) is 5.69 Å². The van der Waals surface area contributed by atoms with E-state index < -0.39 is 11.9 Å². The van der Waals surface area contributed by atoms with Crippen LogP contribution < -0.4 is 16.6 Å². The van der Waals surface area contributed by atoms with Crippen LogP contribution >= 0.6 is 22.6 Å². The standard InChI is InChI=1S/C11H9F3IN5/c12-11(13,14)8-5-9(19-10(18-8)20-16)17-7-3-1-2-6(15)4-7/h1-5H,16H2,(H2,17,18,19,20). The summed E-state index contributed by atoms with van der Waals surface area (Å²) >= 11 is 2.10. The number of hydrogen-bond acceptors (Lipinski definition) is 5. The lowest BCUT2D eigenvalue weighted by atomic mass is 10.3. The van der Waals surface area contributed by atoms with E-state index in [0.29, 0.717) is 5.69 Å². The molecule has 1 aromatic carbocycles. The lowest BCUT2D eigenvalue weighted by Gasteiger charge is -2.11. The number of hydrogen-bond donors (Lipinski definition) is 3. The van der Waals surface area contributed by atoms with Gasteiger partial charge in [0.15, 0.2) is 5.69 Å². The number of aromatic nitrogens is 2. The molecule has 20 heavy (non-hydrogen) atoms. The minimum absolute atomic E-state index is 0.00211. The van der Waals surface area contributed by atoms with Crippen LogP contribution in [0.3, 0.4) is 0 Å². The van der Waals surface area contributed by atoms with Crippen molar-refractivity contribution in [3.63, 3.8) is 0 Å². The van der Waals surface area contributed by atoms with Gasteiger partial charge in [-0.15, -0.1) is 0 Å². The monoisotopic (exact) mass is 395 g/mol. The van der Waals surface area contributed by atoms with Gasteiger partial charge in [-0.3, -0.25) is 5.43 Å². The Bertz CT molecular complexity index is 617. The number of anilines is 3. The lowest BCUT2D eigenvalue weighted by molar-refractivity contribution is -0.141. The highest BCUT2D eigenvalue weighted by molar-refractivity contribution is 14.1. The molecule has 106 valence electrons. The molecule has 0 saturated carbocycles. The zero-order chi connectivity index (χ0) is 14.8. The molecule has 0 radical (unpaired) electrons. The summed E-state index contributed by atoms with van der Waals surface area (Å²) in [6.45, 7) is 0. The summed E-state index contributed by atoms with van der Waals surface area (Å²) in [7, 11) is 0. The first-order chi connectivity index (χ1) is 9.38. The third kappa shape index (κ3) is 3.70. The van der Waals surface area contributed by atoms with Gasteiger partial charge >= 0.3 is 6.18 Å². The zero-order valence-electron chi connectivity index (χ0n) is 9.87. The molecule has 2 rings (SSSR count). The molecule has 0 saturated heterocycles. The SMILES string of the molecule is NNc1nc(Nc2cccc(I)c2)cc(C(F)(F)F)n1. The van der Waals surface area contributed by atoms with Crippen molar-refractivity contribution in [2.75, 3.05) is 10.7 Å². The van der Waals surface area contributed by atoms with Gasteiger partial charge in [-0.25, -0.2) is 10.8 Å². The van der Waals surface area contributed by atoms with Crippen LogP contribution in [0.2, 0.25) is 0 Å². The Hall–Kier alpha value is -1.62. The van der Waals surface area contributed by atoms with Crippen LogP contribution in [0.4, 0.5) is 30.6 Å². The molecule has 0 fully saturated rings. The zero-order valence-corrected chi connectivity index (χ0v) is 12.0. The molecule has 1 aromatic heterocycles. The lowest BCUT2D eigenvalue weighted by Crippen LogP contribution is -2.16. The van der Waals surface area contributed by atoms with Gasteiger partial charge in [0, 0.05) is 15.3 Å². The molecule has 5 nitrogen and oxygen atoms in total. The second-order valence-corrected chi connectivity index (χ2v) is 4.99. The smallest absolute Gasteiger partial charge is 0.340 e. The molecule has 0 aliphatic carbocycles. The second kappa shape index (κ2) is 5.79. The van der Waals surface area contributed by atoms with E-state index in [9.17, 15) is 13.2 Å². The van der Waals surface area contributed by atoms with E-state index in [1.54, 1.807) is 18.2 Å². The first-order valence-electron chi connectivity index (χ1n) is 5.34. The Balaban J connectivity index is 2.36. The Labute approximate surface area is 125 Å². The fourth-order valence-corrected chi connectivity index (χ4v) is 1.98. The molecule has 0 bridgehead atoms. The average Bonchev–Trinajstić information content (AvgIpc) is 2.37. The van der Waals surface area contributed by atoms with Crippen LogP contribution in [0.25, 0.3) is 0 Å². The summed E-state index contributed by atoms with van der Waals surface area (Å²) in [5, 5.41) is 2.78. The molecule has 4 N–H and O–H groups in total. The molecule has 0 unspecified atom stereocenters. The number of nitrogen functional groups attached to an aromatic ring is 1. The molecule has 0 aliphatic rings. The number of nitrogens with zero attached hydrogens (tertiary/aromatic N) is 2. The second-order valence-electron chi connectivity index (χ2n) is 3.74. The van der Waals surface area contributed by atoms with Crippen molar-refractivity contribution in [2.24, 2.45) is 5.84 Å². The third-order valence-electron chi connectivity index (χ3n) is 2.24. The first kappa shape index (κ1) is 14.8. The van der Waals surface area contributed by atoms with Crippen molar-refractivity contribution in [3.05, 3.63) is 39.6 Å². The Morgan fingerprint density at radius 3 is 2.50 bits per heavy atom. The maximum absolute atomic E-state index is 12.7. The van der Waals surface area contributed by atoms with Gasteiger partial charge < -0.3 is 5.32 Å². The average molecular weight is 395 g/mol.